The van der Waals surface area contributed by atoms with Crippen molar-refractivity contribution >= 4 is 14.0 Å². The third kappa shape index (κ3) is 4.34. The third-order valence-electron chi connectivity index (χ3n) is 3.78. The minimum atomic E-state index is -1.27. The van der Waals surface area contributed by atoms with Crippen molar-refractivity contribution in [1.29, 1.82) is 0 Å². The van der Waals surface area contributed by atoms with E-state index < -0.39 is 8.07 Å². The number of hydrogen-bond donors (Lipinski definition) is 0. The van der Waals surface area contributed by atoms with Crippen molar-refractivity contribution in [2.45, 2.75) is 52.4 Å². The van der Waals surface area contributed by atoms with Crippen molar-refractivity contribution in [2.75, 3.05) is 6.61 Å². The molecule has 0 spiro atoms. The second-order valence-corrected chi connectivity index (χ2v) is 12.5. The maximum Gasteiger partial charge on any atom is 0.212 e. The third-order valence-corrected chi connectivity index (χ3v) is 4.71. The zero-order valence-corrected chi connectivity index (χ0v) is 15.2. The molecule has 0 unspecified atom stereocenters. The van der Waals surface area contributed by atoms with E-state index in [-0.39, 0.29) is 5.54 Å². The first-order valence-corrected chi connectivity index (χ1v) is 11.3. The van der Waals surface area contributed by atoms with Crippen LogP contribution in [0, 0.1) is 23.3 Å². The van der Waals surface area contributed by atoms with Gasteiger partial charge in [-0.1, -0.05) is 44.8 Å². The van der Waals surface area contributed by atoms with E-state index in [2.05, 4.69) is 70.1 Å². The molecule has 21 heavy (non-hydrogen) atoms. The molecule has 0 radical (unpaired) electrons. The highest BCUT2D eigenvalue weighted by atomic mass is 28.3. The minimum absolute atomic E-state index is 0.0931. The maximum atomic E-state index is 5.80. The second-order valence-electron chi connectivity index (χ2n) is 7.73. The normalized spacial score (nSPS) is 27.3. The molecule has 2 rings (SSSR count). The maximum absolute atomic E-state index is 5.80. The number of aliphatic imine (C=N–C) groups is 1. The van der Waals surface area contributed by atoms with Crippen LogP contribution < -0.4 is 0 Å². The lowest BCUT2D eigenvalue weighted by Crippen LogP contribution is -2.21. The molecule has 0 bridgehead atoms. The van der Waals surface area contributed by atoms with Gasteiger partial charge in [-0.15, -0.1) is 11.5 Å². The second kappa shape index (κ2) is 5.85. The van der Waals surface area contributed by atoms with E-state index in [1.807, 2.05) is 0 Å². The average molecular weight is 302 g/mol. The summed E-state index contributed by atoms with van der Waals surface area (Å²) in [6.07, 6.45) is 7.48. The Hall–Kier alpha value is -1.27. The fourth-order valence-corrected chi connectivity index (χ4v) is 3.16. The van der Waals surface area contributed by atoms with Crippen molar-refractivity contribution in [1.82, 2.24) is 0 Å². The van der Waals surface area contributed by atoms with Gasteiger partial charge in [-0.3, -0.25) is 0 Å². The Morgan fingerprint density at radius 1 is 1.38 bits per heavy atom. The lowest BCUT2D eigenvalue weighted by atomic mass is 9.81. The van der Waals surface area contributed by atoms with Crippen molar-refractivity contribution in [3.8, 4) is 11.5 Å². The largest absolute Gasteiger partial charge is 0.475 e. The van der Waals surface area contributed by atoms with Crippen LogP contribution in [0.15, 0.2) is 28.8 Å². The van der Waals surface area contributed by atoms with E-state index in [1.165, 1.54) is 5.57 Å². The van der Waals surface area contributed by atoms with E-state index >= 15 is 0 Å². The zero-order valence-electron chi connectivity index (χ0n) is 14.2. The van der Waals surface area contributed by atoms with E-state index in [0.717, 1.165) is 12.3 Å². The Bertz CT molecular complexity index is 552. The number of nitrogens with zero attached hydrogens (tertiary/aromatic N) is 1. The fraction of sp³-hybridized carbons (Fsp3) is 0.611. The quantitative estimate of drug-likeness (QED) is 0.553. The molecule has 2 aliphatic rings. The number of ether oxygens (including phenoxy) is 1. The Morgan fingerprint density at radius 2 is 2.10 bits per heavy atom. The smallest absolute Gasteiger partial charge is 0.212 e. The molecule has 0 aromatic carbocycles. The fourth-order valence-electron chi connectivity index (χ4n) is 2.53. The van der Waals surface area contributed by atoms with Crippen LogP contribution in [0.25, 0.3) is 0 Å². The summed E-state index contributed by atoms with van der Waals surface area (Å²) in [6.45, 7) is 14.0. The van der Waals surface area contributed by atoms with Gasteiger partial charge < -0.3 is 4.74 Å². The van der Waals surface area contributed by atoms with E-state index in [9.17, 15) is 0 Å². The summed E-state index contributed by atoms with van der Waals surface area (Å²) in [5.74, 6) is 5.12. The molecule has 3 heteroatoms. The lowest BCUT2D eigenvalue weighted by molar-refractivity contribution is 0.276. The molecule has 0 saturated heterocycles. The molecule has 0 amide bonds. The van der Waals surface area contributed by atoms with Gasteiger partial charge in [-0.2, -0.15) is 0 Å². The van der Waals surface area contributed by atoms with Crippen LogP contribution in [0.4, 0.5) is 0 Å². The predicted octanol–water partition coefficient (Wildman–Crippen LogP) is 4.21. The summed E-state index contributed by atoms with van der Waals surface area (Å²) in [7, 11) is -1.27. The summed E-state index contributed by atoms with van der Waals surface area (Å²) in [5.41, 5.74) is 4.59. The average Bonchev–Trinajstić information content (AvgIpc) is 2.70. The minimum Gasteiger partial charge on any atom is -0.475 e. The Labute approximate surface area is 130 Å². The Balaban J connectivity index is 2.09. The number of hydrogen-bond acceptors (Lipinski definition) is 2. The number of allylic oxidation sites excluding steroid dienone is 3. The Morgan fingerprint density at radius 3 is 2.67 bits per heavy atom. The molecular weight excluding hydrogens is 274 g/mol. The molecule has 1 aliphatic carbocycles. The van der Waals surface area contributed by atoms with Gasteiger partial charge >= 0.3 is 0 Å². The molecule has 0 fully saturated rings. The molecule has 0 aromatic heterocycles. The van der Waals surface area contributed by atoms with Gasteiger partial charge in [0.05, 0.1) is 5.54 Å². The molecule has 1 heterocycles. The molecule has 0 saturated carbocycles. The van der Waals surface area contributed by atoms with E-state index in [4.69, 9.17) is 9.73 Å². The SMILES string of the molecule is C[C@H]1C(C2=NC(C)(C)CO2)=CC=C[C@@H]1CC#C[Si](C)(C)C. The molecule has 2 atom stereocenters. The molecule has 0 aromatic rings. The predicted molar refractivity (Wildman–Crippen MR) is 93.1 cm³/mol. The van der Waals surface area contributed by atoms with Crippen LogP contribution in [0.5, 0.6) is 0 Å². The highest BCUT2D eigenvalue weighted by Crippen LogP contribution is 2.32. The van der Waals surface area contributed by atoms with Crippen LogP contribution in [0.2, 0.25) is 19.6 Å². The van der Waals surface area contributed by atoms with Crippen LogP contribution >= 0.6 is 0 Å². The van der Waals surface area contributed by atoms with Crippen molar-refractivity contribution < 1.29 is 4.74 Å². The first-order chi connectivity index (χ1) is 9.68. The van der Waals surface area contributed by atoms with Gasteiger partial charge in [0.2, 0.25) is 5.90 Å². The van der Waals surface area contributed by atoms with Gasteiger partial charge in [0.25, 0.3) is 0 Å². The zero-order chi connectivity index (χ0) is 15.7. The standard InChI is InChI=1S/C18H27NOSi/c1-14-15(10-8-12-21(4,5)6)9-7-11-16(14)17-19-18(2,3)13-20-17/h7,9,11,14-15H,10,13H2,1-6H3/t14-,15-/m1/s1. The van der Waals surface area contributed by atoms with Gasteiger partial charge in [0, 0.05) is 12.0 Å². The molecule has 1 aliphatic heterocycles. The topological polar surface area (TPSA) is 21.6 Å². The monoisotopic (exact) mass is 301 g/mol. The highest BCUT2D eigenvalue weighted by molar-refractivity contribution is 6.83. The van der Waals surface area contributed by atoms with Crippen molar-refractivity contribution in [3.63, 3.8) is 0 Å². The van der Waals surface area contributed by atoms with E-state index in [1.54, 1.807) is 0 Å². The molecule has 114 valence electrons. The van der Waals surface area contributed by atoms with Crippen molar-refractivity contribution in [2.24, 2.45) is 16.8 Å². The lowest BCUT2D eigenvalue weighted by Gasteiger charge is -2.24. The van der Waals surface area contributed by atoms with Crippen LogP contribution in [0.1, 0.15) is 27.2 Å². The van der Waals surface area contributed by atoms with Gasteiger partial charge in [0.15, 0.2) is 0 Å². The molecule has 2 nitrogen and oxygen atoms in total. The summed E-state index contributed by atoms with van der Waals surface area (Å²) < 4.78 is 5.80. The van der Waals surface area contributed by atoms with E-state index in [0.29, 0.717) is 18.4 Å². The summed E-state index contributed by atoms with van der Waals surface area (Å²) in [6, 6.07) is 0. The van der Waals surface area contributed by atoms with Crippen LogP contribution in [-0.4, -0.2) is 26.1 Å². The summed E-state index contributed by atoms with van der Waals surface area (Å²) in [4.78, 5) is 4.71. The van der Waals surface area contributed by atoms with Gasteiger partial charge in [-0.05, 0) is 25.7 Å². The first kappa shape index (κ1) is 16.1. The first-order valence-electron chi connectivity index (χ1n) is 7.79. The van der Waals surface area contributed by atoms with Crippen LogP contribution in [0.3, 0.4) is 0 Å². The molecular formula is C18H27NOSi. The van der Waals surface area contributed by atoms with Crippen LogP contribution in [-0.2, 0) is 4.74 Å². The number of rotatable bonds is 2. The van der Waals surface area contributed by atoms with Gasteiger partial charge in [-0.25, -0.2) is 4.99 Å². The van der Waals surface area contributed by atoms with Gasteiger partial charge in [0.1, 0.15) is 14.7 Å². The van der Waals surface area contributed by atoms with Crippen molar-refractivity contribution in [3.05, 3.63) is 23.8 Å². The summed E-state index contributed by atoms with van der Waals surface area (Å²) >= 11 is 0. The Kier molecular flexibility index (Phi) is 4.48. The summed E-state index contributed by atoms with van der Waals surface area (Å²) in [5, 5.41) is 0. The highest BCUT2D eigenvalue weighted by Gasteiger charge is 2.32. The molecule has 0 N–H and O–H groups in total.